The Morgan fingerprint density at radius 3 is 2.82 bits per heavy atom. The first-order valence-corrected chi connectivity index (χ1v) is 4.55. The largest absolute Gasteiger partial charge is 0.378 e. The number of rotatable bonds is 2. The highest BCUT2D eigenvalue weighted by Gasteiger charge is 2.23. The Kier molecular flexibility index (Phi) is 3.34. The minimum Gasteiger partial charge on any atom is -0.378 e. The third-order valence-electron chi connectivity index (χ3n) is 2.50. The predicted octanol–water partition coefficient (Wildman–Crippen LogP) is 1.40. The standard InChI is InChI=1S/C9H19NO/c1-7(2)9-5-8(6-10)3-4-11-9/h7-9H,3-6,10H2,1-2H3/t8-,9+/m0/s1. The Morgan fingerprint density at radius 2 is 2.27 bits per heavy atom. The third kappa shape index (κ3) is 2.46. The van der Waals surface area contributed by atoms with E-state index in [1.165, 1.54) is 0 Å². The summed E-state index contributed by atoms with van der Waals surface area (Å²) in [6, 6.07) is 0. The van der Waals surface area contributed by atoms with E-state index in [4.69, 9.17) is 10.5 Å². The smallest absolute Gasteiger partial charge is 0.0601 e. The average molecular weight is 157 g/mol. The lowest BCUT2D eigenvalue weighted by atomic mass is 9.90. The van der Waals surface area contributed by atoms with Gasteiger partial charge in [0.1, 0.15) is 0 Å². The van der Waals surface area contributed by atoms with Crippen LogP contribution in [0.2, 0.25) is 0 Å². The molecule has 11 heavy (non-hydrogen) atoms. The van der Waals surface area contributed by atoms with Crippen molar-refractivity contribution >= 4 is 0 Å². The lowest BCUT2D eigenvalue weighted by molar-refractivity contribution is -0.0321. The Balaban J connectivity index is 2.33. The van der Waals surface area contributed by atoms with Crippen molar-refractivity contribution in [3.63, 3.8) is 0 Å². The van der Waals surface area contributed by atoms with Gasteiger partial charge in [-0.05, 0) is 31.2 Å². The molecule has 1 aliphatic heterocycles. The summed E-state index contributed by atoms with van der Waals surface area (Å²) >= 11 is 0. The van der Waals surface area contributed by atoms with Crippen molar-refractivity contribution in [1.29, 1.82) is 0 Å². The Morgan fingerprint density at radius 1 is 1.55 bits per heavy atom. The Bertz CT molecular complexity index is 114. The molecule has 2 nitrogen and oxygen atoms in total. The van der Waals surface area contributed by atoms with E-state index in [1.807, 2.05) is 0 Å². The summed E-state index contributed by atoms with van der Waals surface area (Å²) in [6.07, 6.45) is 2.77. The first-order chi connectivity index (χ1) is 5.24. The minimum absolute atomic E-state index is 0.456. The molecule has 0 amide bonds. The van der Waals surface area contributed by atoms with Crippen LogP contribution in [0.15, 0.2) is 0 Å². The number of hydrogen-bond acceptors (Lipinski definition) is 2. The number of nitrogens with two attached hydrogens (primary N) is 1. The lowest BCUT2D eigenvalue weighted by Crippen LogP contribution is -2.32. The molecular formula is C9H19NO. The highest BCUT2D eigenvalue weighted by Crippen LogP contribution is 2.23. The minimum atomic E-state index is 0.456. The van der Waals surface area contributed by atoms with Crippen LogP contribution in [0.5, 0.6) is 0 Å². The first-order valence-electron chi connectivity index (χ1n) is 4.55. The van der Waals surface area contributed by atoms with Crippen LogP contribution >= 0.6 is 0 Å². The summed E-state index contributed by atoms with van der Waals surface area (Å²) in [4.78, 5) is 0. The van der Waals surface area contributed by atoms with Gasteiger partial charge in [-0.2, -0.15) is 0 Å². The topological polar surface area (TPSA) is 35.2 Å². The molecule has 1 heterocycles. The molecule has 0 aromatic rings. The monoisotopic (exact) mass is 157 g/mol. The molecule has 1 saturated heterocycles. The maximum absolute atomic E-state index is 5.62. The molecule has 0 radical (unpaired) electrons. The quantitative estimate of drug-likeness (QED) is 0.657. The molecule has 1 aliphatic rings. The van der Waals surface area contributed by atoms with Gasteiger partial charge < -0.3 is 10.5 Å². The van der Waals surface area contributed by atoms with Crippen LogP contribution in [0.4, 0.5) is 0 Å². The van der Waals surface area contributed by atoms with E-state index in [9.17, 15) is 0 Å². The summed E-state index contributed by atoms with van der Waals surface area (Å²) in [5.41, 5.74) is 5.61. The normalized spacial score (nSPS) is 32.7. The van der Waals surface area contributed by atoms with Gasteiger partial charge in [0.25, 0.3) is 0 Å². The van der Waals surface area contributed by atoms with Crippen LogP contribution in [0, 0.1) is 11.8 Å². The van der Waals surface area contributed by atoms with Crippen molar-refractivity contribution in [2.75, 3.05) is 13.2 Å². The van der Waals surface area contributed by atoms with Gasteiger partial charge >= 0.3 is 0 Å². The van der Waals surface area contributed by atoms with Crippen LogP contribution in [-0.2, 0) is 4.74 Å². The molecule has 2 atom stereocenters. The van der Waals surface area contributed by atoms with E-state index in [-0.39, 0.29) is 0 Å². The molecule has 2 heteroatoms. The fourth-order valence-electron chi connectivity index (χ4n) is 1.58. The van der Waals surface area contributed by atoms with Gasteiger partial charge in [-0.15, -0.1) is 0 Å². The zero-order valence-corrected chi connectivity index (χ0v) is 7.55. The fourth-order valence-corrected chi connectivity index (χ4v) is 1.58. The van der Waals surface area contributed by atoms with E-state index < -0.39 is 0 Å². The first kappa shape index (κ1) is 9.01. The fraction of sp³-hybridized carbons (Fsp3) is 1.00. The van der Waals surface area contributed by atoms with Crippen molar-refractivity contribution in [3.8, 4) is 0 Å². The zero-order chi connectivity index (χ0) is 8.27. The molecule has 66 valence electrons. The third-order valence-corrected chi connectivity index (χ3v) is 2.50. The van der Waals surface area contributed by atoms with E-state index >= 15 is 0 Å². The van der Waals surface area contributed by atoms with Gasteiger partial charge in [-0.25, -0.2) is 0 Å². The molecule has 2 N–H and O–H groups in total. The average Bonchev–Trinajstić information content (AvgIpc) is 2.05. The predicted molar refractivity (Wildman–Crippen MR) is 46.4 cm³/mol. The molecule has 0 spiro atoms. The second-order valence-corrected chi connectivity index (χ2v) is 3.78. The van der Waals surface area contributed by atoms with E-state index in [0.29, 0.717) is 17.9 Å². The van der Waals surface area contributed by atoms with Crippen LogP contribution in [-0.4, -0.2) is 19.3 Å². The SMILES string of the molecule is CC(C)[C@H]1C[C@@H](CN)CCO1. The Labute approximate surface area is 69.1 Å². The highest BCUT2D eigenvalue weighted by molar-refractivity contribution is 4.74. The van der Waals surface area contributed by atoms with E-state index in [0.717, 1.165) is 26.0 Å². The van der Waals surface area contributed by atoms with Gasteiger partial charge in [0.15, 0.2) is 0 Å². The number of ether oxygens (including phenoxy) is 1. The van der Waals surface area contributed by atoms with Gasteiger partial charge in [-0.3, -0.25) is 0 Å². The molecular weight excluding hydrogens is 138 g/mol. The molecule has 0 saturated carbocycles. The van der Waals surface area contributed by atoms with Gasteiger partial charge in [0, 0.05) is 6.61 Å². The van der Waals surface area contributed by atoms with E-state index in [2.05, 4.69) is 13.8 Å². The summed E-state index contributed by atoms with van der Waals surface area (Å²) in [5, 5.41) is 0. The molecule has 0 bridgehead atoms. The molecule has 1 fully saturated rings. The zero-order valence-electron chi connectivity index (χ0n) is 7.55. The molecule has 0 aromatic heterocycles. The molecule has 0 unspecified atom stereocenters. The summed E-state index contributed by atoms with van der Waals surface area (Å²) in [6.45, 7) is 6.16. The van der Waals surface area contributed by atoms with E-state index in [1.54, 1.807) is 0 Å². The lowest BCUT2D eigenvalue weighted by Gasteiger charge is -2.31. The van der Waals surface area contributed by atoms with Gasteiger partial charge in [-0.1, -0.05) is 13.8 Å². The van der Waals surface area contributed by atoms with Gasteiger partial charge in [0.05, 0.1) is 6.10 Å². The summed E-state index contributed by atoms with van der Waals surface area (Å²) in [7, 11) is 0. The van der Waals surface area contributed by atoms with Crippen molar-refractivity contribution < 1.29 is 4.74 Å². The van der Waals surface area contributed by atoms with Crippen LogP contribution < -0.4 is 5.73 Å². The van der Waals surface area contributed by atoms with Crippen molar-refractivity contribution in [2.45, 2.75) is 32.8 Å². The highest BCUT2D eigenvalue weighted by atomic mass is 16.5. The molecule has 1 rings (SSSR count). The van der Waals surface area contributed by atoms with Crippen LogP contribution in [0.3, 0.4) is 0 Å². The van der Waals surface area contributed by atoms with Crippen molar-refractivity contribution in [3.05, 3.63) is 0 Å². The Hall–Kier alpha value is -0.0800. The van der Waals surface area contributed by atoms with Crippen LogP contribution in [0.25, 0.3) is 0 Å². The summed E-state index contributed by atoms with van der Waals surface area (Å²) in [5.74, 6) is 1.35. The molecule has 0 aromatic carbocycles. The van der Waals surface area contributed by atoms with Crippen molar-refractivity contribution in [2.24, 2.45) is 17.6 Å². The maximum Gasteiger partial charge on any atom is 0.0601 e. The maximum atomic E-state index is 5.62. The number of hydrogen-bond donors (Lipinski definition) is 1. The van der Waals surface area contributed by atoms with Crippen LogP contribution in [0.1, 0.15) is 26.7 Å². The second kappa shape index (κ2) is 4.07. The second-order valence-electron chi connectivity index (χ2n) is 3.78. The van der Waals surface area contributed by atoms with Gasteiger partial charge in [0.2, 0.25) is 0 Å². The summed E-state index contributed by atoms with van der Waals surface area (Å²) < 4.78 is 5.62. The molecule has 0 aliphatic carbocycles. The van der Waals surface area contributed by atoms with Crippen molar-refractivity contribution in [1.82, 2.24) is 0 Å².